The van der Waals surface area contributed by atoms with E-state index in [1.54, 1.807) is 6.07 Å². The smallest absolute Gasteiger partial charge is 0.254 e. The fraction of sp³-hybridized carbons (Fsp3) is 0.391. The number of hydrogen-bond acceptors (Lipinski definition) is 3. The lowest BCUT2D eigenvalue weighted by atomic mass is 10.1. The van der Waals surface area contributed by atoms with Gasteiger partial charge in [-0.25, -0.2) is 0 Å². The third kappa shape index (κ3) is 4.19. The molecular formula is C23H26N2O3. The predicted octanol–water partition coefficient (Wildman–Crippen LogP) is 3.95. The summed E-state index contributed by atoms with van der Waals surface area (Å²) in [5, 5.41) is 0. The van der Waals surface area contributed by atoms with Gasteiger partial charge in [-0.15, -0.1) is 0 Å². The van der Waals surface area contributed by atoms with Crippen LogP contribution in [0.4, 0.5) is 0 Å². The molecule has 2 aromatic rings. The summed E-state index contributed by atoms with van der Waals surface area (Å²) in [6, 6.07) is 16.8. The Morgan fingerprint density at radius 1 is 0.786 bits per heavy atom. The number of rotatable bonds is 4. The first kappa shape index (κ1) is 18.5. The highest BCUT2D eigenvalue weighted by Gasteiger charge is 2.30. The van der Waals surface area contributed by atoms with Crippen LogP contribution in [0.5, 0.6) is 11.5 Å². The van der Waals surface area contributed by atoms with E-state index in [0.717, 1.165) is 31.4 Å². The third-order valence-electron chi connectivity index (χ3n) is 5.64. The van der Waals surface area contributed by atoms with Crippen LogP contribution >= 0.6 is 0 Å². The number of ether oxygens (including phenoxy) is 1. The summed E-state index contributed by atoms with van der Waals surface area (Å²) < 4.78 is 5.84. The van der Waals surface area contributed by atoms with E-state index >= 15 is 0 Å². The average Bonchev–Trinajstić information content (AvgIpc) is 3.29. The lowest BCUT2D eigenvalue weighted by Gasteiger charge is -2.36. The second kappa shape index (κ2) is 8.46. The van der Waals surface area contributed by atoms with Crippen molar-refractivity contribution >= 4 is 11.8 Å². The number of carbonyl (C=O) groups is 2. The van der Waals surface area contributed by atoms with Gasteiger partial charge in [0, 0.05) is 37.7 Å². The second-order valence-electron chi connectivity index (χ2n) is 7.54. The summed E-state index contributed by atoms with van der Waals surface area (Å²) in [6.07, 6.45) is 4.37. The summed E-state index contributed by atoms with van der Waals surface area (Å²) in [5.41, 5.74) is 0.615. The maximum atomic E-state index is 12.9. The molecule has 2 amide bonds. The van der Waals surface area contributed by atoms with Crippen LogP contribution in [0.1, 0.15) is 36.0 Å². The summed E-state index contributed by atoms with van der Waals surface area (Å²) in [5.74, 6) is 1.86. The molecule has 2 fully saturated rings. The summed E-state index contributed by atoms with van der Waals surface area (Å²) in [6.45, 7) is 2.42. The summed E-state index contributed by atoms with van der Waals surface area (Å²) >= 11 is 0. The molecule has 2 aliphatic rings. The average molecular weight is 378 g/mol. The summed E-state index contributed by atoms with van der Waals surface area (Å²) in [4.78, 5) is 29.2. The van der Waals surface area contributed by atoms with Crippen molar-refractivity contribution in [1.82, 2.24) is 9.80 Å². The standard InChI is InChI=1S/C23H26N2O3/c26-22(18-7-4-5-8-18)24-13-15-25(16-14-24)23(27)19-9-6-12-21(17-19)28-20-10-2-1-3-11-20/h1-3,6,9-12,17-18H,4-5,7-8,13-16H2. The fourth-order valence-electron chi connectivity index (χ4n) is 4.06. The molecule has 4 rings (SSSR count). The molecule has 0 spiro atoms. The normalized spacial score (nSPS) is 17.6. The molecule has 0 radical (unpaired) electrons. The number of hydrogen-bond donors (Lipinski definition) is 0. The maximum absolute atomic E-state index is 12.9. The van der Waals surface area contributed by atoms with E-state index in [1.807, 2.05) is 58.3 Å². The number of carbonyl (C=O) groups excluding carboxylic acids is 2. The molecule has 0 atom stereocenters. The molecule has 0 unspecified atom stereocenters. The molecule has 1 aliphatic carbocycles. The van der Waals surface area contributed by atoms with Crippen LogP contribution in [-0.2, 0) is 4.79 Å². The zero-order chi connectivity index (χ0) is 19.3. The molecule has 146 valence electrons. The van der Waals surface area contributed by atoms with E-state index in [9.17, 15) is 9.59 Å². The van der Waals surface area contributed by atoms with Crippen LogP contribution < -0.4 is 4.74 Å². The number of para-hydroxylation sites is 1. The molecule has 1 heterocycles. The van der Waals surface area contributed by atoms with Gasteiger partial charge in [0.1, 0.15) is 11.5 Å². The second-order valence-corrected chi connectivity index (χ2v) is 7.54. The molecule has 0 bridgehead atoms. The molecule has 1 saturated carbocycles. The van der Waals surface area contributed by atoms with Crippen molar-refractivity contribution in [2.75, 3.05) is 26.2 Å². The van der Waals surface area contributed by atoms with Crippen molar-refractivity contribution in [2.24, 2.45) is 5.92 Å². The van der Waals surface area contributed by atoms with E-state index in [2.05, 4.69) is 0 Å². The van der Waals surface area contributed by atoms with Crippen molar-refractivity contribution in [3.63, 3.8) is 0 Å². The monoisotopic (exact) mass is 378 g/mol. The first-order chi connectivity index (χ1) is 13.7. The Morgan fingerprint density at radius 3 is 2.14 bits per heavy atom. The van der Waals surface area contributed by atoms with E-state index in [1.165, 1.54) is 0 Å². The Labute approximate surface area is 165 Å². The molecule has 5 nitrogen and oxygen atoms in total. The van der Waals surface area contributed by atoms with Crippen molar-refractivity contribution in [1.29, 1.82) is 0 Å². The van der Waals surface area contributed by atoms with Crippen LogP contribution in [-0.4, -0.2) is 47.8 Å². The molecule has 2 aromatic carbocycles. The number of piperazine rings is 1. The fourth-order valence-corrected chi connectivity index (χ4v) is 4.06. The van der Waals surface area contributed by atoms with Crippen molar-refractivity contribution in [3.05, 3.63) is 60.2 Å². The molecule has 1 aliphatic heterocycles. The van der Waals surface area contributed by atoms with Gasteiger partial charge < -0.3 is 14.5 Å². The molecule has 1 saturated heterocycles. The highest BCUT2D eigenvalue weighted by atomic mass is 16.5. The van der Waals surface area contributed by atoms with E-state index in [-0.39, 0.29) is 17.7 Å². The van der Waals surface area contributed by atoms with Gasteiger partial charge in [0.15, 0.2) is 0 Å². The molecule has 5 heteroatoms. The van der Waals surface area contributed by atoms with Crippen LogP contribution in [0, 0.1) is 5.92 Å². The SMILES string of the molecule is O=C(c1cccc(Oc2ccccc2)c1)N1CCN(C(=O)C2CCCC2)CC1. The number of nitrogens with zero attached hydrogens (tertiary/aromatic N) is 2. The van der Waals surface area contributed by atoms with Gasteiger partial charge in [0.25, 0.3) is 5.91 Å². The largest absolute Gasteiger partial charge is 0.457 e. The maximum Gasteiger partial charge on any atom is 0.254 e. The molecule has 0 N–H and O–H groups in total. The van der Waals surface area contributed by atoms with Crippen LogP contribution in [0.2, 0.25) is 0 Å². The molecule has 0 aromatic heterocycles. The minimum Gasteiger partial charge on any atom is -0.457 e. The zero-order valence-corrected chi connectivity index (χ0v) is 16.0. The van der Waals surface area contributed by atoms with Crippen molar-refractivity contribution in [2.45, 2.75) is 25.7 Å². The van der Waals surface area contributed by atoms with Gasteiger partial charge in [-0.05, 0) is 43.2 Å². The number of amides is 2. The van der Waals surface area contributed by atoms with Gasteiger partial charge in [0.05, 0.1) is 0 Å². The topological polar surface area (TPSA) is 49.9 Å². The minimum absolute atomic E-state index is 0.00789. The Balaban J connectivity index is 1.36. The van der Waals surface area contributed by atoms with Gasteiger partial charge >= 0.3 is 0 Å². The Kier molecular flexibility index (Phi) is 5.60. The quantitative estimate of drug-likeness (QED) is 0.809. The van der Waals surface area contributed by atoms with Crippen molar-refractivity contribution < 1.29 is 14.3 Å². The highest BCUT2D eigenvalue weighted by Crippen LogP contribution is 2.27. The van der Waals surface area contributed by atoms with Gasteiger partial charge in [-0.1, -0.05) is 37.1 Å². The lowest BCUT2D eigenvalue weighted by Crippen LogP contribution is -2.51. The van der Waals surface area contributed by atoms with E-state index < -0.39 is 0 Å². The first-order valence-electron chi connectivity index (χ1n) is 10.1. The predicted molar refractivity (Wildman–Crippen MR) is 107 cm³/mol. The van der Waals surface area contributed by atoms with Gasteiger partial charge in [0.2, 0.25) is 5.91 Å². The minimum atomic E-state index is -0.00789. The van der Waals surface area contributed by atoms with E-state index in [4.69, 9.17) is 4.74 Å². The molecule has 28 heavy (non-hydrogen) atoms. The van der Waals surface area contributed by atoms with Crippen LogP contribution in [0.25, 0.3) is 0 Å². The van der Waals surface area contributed by atoms with Gasteiger partial charge in [-0.2, -0.15) is 0 Å². The van der Waals surface area contributed by atoms with Crippen LogP contribution in [0.3, 0.4) is 0 Å². The highest BCUT2D eigenvalue weighted by molar-refractivity contribution is 5.94. The zero-order valence-electron chi connectivity index (χ0n) is 16.0. The Hall–Kier alpha value is -2.82. The summed E-state index contributed by atoms with van der Waals surface area (Å²) in [7, 11) is 0. The van der Waals surface area contributed by atoms with E-state index in [0.29, 0.717) is 37.5 Å². The number of benzene rings is 2. The van der Waals surface area contributed by atoms with Crippen molar-refractivity contribution in [3.8, 4) is 11.5 Å². The Morgan fingerprint density at radius 2 is 1.43 bits per heavy atom. The third-order valence-corrected chi connectivity index (χ3v) is 5.64. The van der Waals surface area contributed by atoms with Gasteiger partial charge in [-0.3, -0.25) is 9.59 Å². The first-order valence-corrected chi connectivity index (χ1v) is 10.1. The van der Waals surface area contributed by atoms with Crippen LogP contribution in [0.15, 0.2) is 54.6 Å². The Bertz CT molecular complexity index is 823. The molecular weight excluding hydrogens is 352 g/mol. The lowest BCUT2D eigenvalue weighted by molar-refractivity contribution is -0.136.